The van der Waals surface area contributed by atoms with Crippen LogP contribution in [-0.4, -0.2) is 17.0 Å². The Kier molecular flexibility index (Phi) is 6.47. The van der Waals surface area contributed by atoms with Crippen LogP contribution >= 0.6 is 15.9 Å². The number of carbonyl (C=O) groups excluding carboxylic acids is 1. The molecule has 1 N–H and O–H groups in total. The summed E-state index contributed by atoms with van der Waals surface area (Å²) in [6.07, 6.45) is 6.67. The van der Waals surface area contributed by atoms with Gasteiger partial charge >= 0.3 is 0 Å². The predicted molar refractivity (Wildman–Crippen MR) is 78.8 cm³/mol. The fourth-order valence-electron chi connectivity index (χ4n) is 2.02. The van der Waals surface area contributed by atoms with Crippen molar-refractivity contribution in [1.82, 2.24) is 9.88 Å². The highest BCUT2D eigenvalue weighted by molar-refractivity contribution is 9.10. The number of aryl methyl sites for hydroxylation is 1. The van der Waals surface area contributed by atoms with Crippen molar-refractivity contribution in [3.8, 4) is 0 Å². The van der Waals surface area contributed by atoms with Gasteiger partial charge in [0, 0.05) is 24.3 Å². The Balaban J connectivity index is 2.47. The van der Waals surface area contributed by atoms with Crippen molar-refractivity contribution < 1.29 is 4.79 Å². The van der Waals surface area contributed by atoms with E-state index in [-0.39, 0.29) is 5.91 Å². The lowest BCUT2D eigenvalue weighted by atomic mass is 9.99. The molecule has 0 aliphatic heterocycles. The third-order valence-electron chi connectivity index (χ3n) is 3.30. The first-order chi connectivity index (χ1) is 8.58. The quantitative estimate of drug-likeness (QED) is 0.817. The van der Waals surface area contributed by atoms with E-state index in [2.05, 4.69) is 35.1 Å². The molecule has 1 amide bonds. The molecule has 4 heteroatoms. The number of hydrogen-bond acceptors (Lipinski definition) is 1. The molecule has 1 aromatic rings. The number of amides is 1. The summed E-state index contributed by atoms with van der Waals surface area (Å²) in [6.45, 7) is 5.16. The molecule has 0 saturated heterocycles. The Morgan fingerprint density at radius 2 is 2.22 bits per heavy atom. The Morgan fingerprint density at radius 3 is 2.72 bits per heavy atom. The summed E-state index contributed by atoms with van der Waals surface area (Å²) in [5.41, 5.74) is 0.701. The van der Waals surface area contributed by atoms with Crippen LogP contribution < -0.4 is 5.32 Å². The van der Waals surface area contributed by atoms with E-state index in [0.717, 1.165) is 17.4 Å². The lowest BCUT2D eigenvalue weighted by Gasteiger charge is -2.15. The van der Waals surface area contributed by atoms with E-state index >= 15 is 0 Å². The molecule has 1 aromatic heterocycles. The number of unbranched alkanes of at least 4 members (excludes halogenated alkanes) is 1. The topological polar surface area (TPSA) is 34.0 Å². The standard InChI is InChI=1S/C14H23BrN2O/c1-4-6-7-11(5-2)9-16-14(18)13-8-12(15)10-17(13)3/h8,10-11H,4-7,9H2,1-3H3,(H,16,18). The first kappa shape index (κ1) is 15.3. The third-order valence-corrected chi connectivity index (χ3v) is 3.73. The Morgan fingerprint density at radius 1 is 1.50 bits per heavy atom. The van der Waals surface area contributed by atoms with E-state index in [1.807, 2.05) is 23.9 Å². The van der Waals surface area contributed by atoms with E-state index < -0.39 is 0 Å². The summed E-state index contributed by atoms with van der Waals surface area (Å²) in [6, 6.07) is 1.85. The van der Waals surface area contributed by atoms with Crippen molar-refractivity contribution in [2.24, 2.45) is 13.0 Å². The second kappa shape index (κ2) is 7.62. The van der Waals surface area contributed by atoms with Crippen LogP contribution in [0.25, 0.3) is 0 Å². The van der Waals surface area contributed by atoms with Crippen molar-refractivity contribution >= 4 is 21.8 Å². The van der Waals surface area contributed by atoms with Gasteiger partial charge in [-0.15, -0.1) is 0 Å². The molecule has 0 aromatic carbocycles. The fraction of sp³-hybridized carbons (Fsp3) is 0.643. The lowest BCUT2D eigenvalue weighted by Crippen LogP contribution is -2.30. The van der Waals surface area contributed by atoms with Crippen molar-refractivity contribution in [2.45, 2.75) is 39.5 Å². The highest BCUT2D eigenvalue weighted by Gasteiger charge is 2.13. The molecule has 1 heterocycles. The van der Waals surface area contributed by atoms with Crippen LogP contribution in [0.5, 0.6) is 0 Å². The smallest absolute Gasteiger partial charge is 0.267 e. The van der Waals surface area contributed by atoms with Gasteiger partial charge < -0.3 is 9.88 Å². The zero-order valence-electron chi connectivity index (χ0n) is 11.5. The van der Waals surface area contributed by atoms with E-state index in [1.165, 1.54) is 19.3 Å². The van der Waals surface area contributed by atoms with Gasteiger partial charge in [-0.3, -0.25) is 4.79 Å². The Hall–Kier alpha value is -0.770. The Labute approximate surface area is 118 Å². The fourth-order valence-corrected chi connectivity index (χ4v) is 2.54. The van der Waals surface area contributed by atoms with Crippen molar-refractivity contribution in [3.63, 3.8) is 0 Å². The van der Waals surface area contributed by atoms with Crippen molar-refractivity contribution in [3.05, 3.63) is 22.4 Å². The molecule has 1 rings (SSSR count). The molecule has 0 fully saturated rings. The molecule has 0 radical (unpaired) electrons. The SMILES string of the molecule is CCCCC(CC)CNC(=O)c1cc(Br)cn1C. The van der Waals surface area contributed by atoms with Crippen molar-refractivity contribution in [1.29, 1.82) is 0 Å². The summed E-state index contributed by atoms with van der Waals surface area (Å²) in [7, 11) is 1.88. The second-order valence-electron chi connectivity index (χ2n) is 4.78. The number of nitrogens with one attached hydrogen (secondary N) is 1. The molecule has 0 aliphatic carbocycles. The summed E-state index contributed by atoms with van der Waals surface area (Å²) in [5, 5.41) is 3.03. The predicted octanol–water partition coefficient (Wildman–Crippen LogP) is 3.73. The normalized spacial score (nSPS) is 12.4. The molecule has 0 aliphatic rings. The lowest BCUT2D eigenvalue weighted by molar-refractivity contribution is 0.0937. The summed E-state index contributed by atoms with van der Waals surface area (Å²) < 4.78 is 2.78. The maximum absolute atomic E-state index is 12.0. The van der Waals surface area contributed by atoms with Crippen molar-refractivity contribution in [2.75, 3.05) is 6.54 Å². The van der Waals surface area contributed by atoms with E-state index in [0.29, 0.717) is 11.6 Å². The molecule has 1 unspecified atom stereocenters. The zero-order chi connectivity index (χ0) is 13.5. The molecular formula is C14H23BrN2O. The van der Waals surface area contributed by atoms with Gasteiger partial charge in [0.2, 0.25) is 0 Å². The van der Waals surface area contributed by atoms with Crippen LogP contribution in [-0.2, 0) is 7.05 Å². The molecule has 0 spiro atoms. The monoisotopic (exact) mass is 314 g/mol. The zero-order valence-corrected chi connectivity index (χ0v) is 13.1. The van der Waals surface area contributed by atoms with Crippen LogP contribution in [0.15, 0.2) is 16.7 Å². The molecule has 0 bridgehead atoms. The maximum atomic E-state index is 12.0. The van der Waals surface area contributed by atoms with Crippen LogP contribution in [0.4, 0.5) is 0 Å². The summed E-state index contributed by atoms with van der Waals surface area (Å²) in [4.78, 5) is 12.0. The van der Waals surface area contributed by atoms with Gasteiger partial charge in [0.25, 0.3) is 5.91 Å². The van der Waals surface area contributed by atoms with Gasteiger partial charge in [-0.25, -0.2) is 0 Å². The van der Waals surface area contributed by atoms with Crippen LogP contribution in [0.2, 0.25) is 0 Å². The largest absolute Gasteiger partial charge is 0.350 e. The number of aromatic nitrogens is 1. The van der Waals surface area contributed by atoms with Gasteiger partial charge in [0.1, 0.15) is 5.69 Å². The van der Waals surface area contributed by atoms with Crippen LogP contribution in [0, 0.1) is 5.92 Å². The average molecular weight is 315 g/mol. The van der Waals surface area contributed by atoms with Gasteiger partial charge in [-0.05, 0) is 34.3 Å². The first-order valence-corrected chi connectivity index (χ1v) is 7.47. The minimum atomic E-state index is 0.0122. The maximum Gasteiger partial charge on any atom is 0.267 e. The summed E-state index contributed by atoms with van der Waals surface area (Å²) >= 11 is 3.38. The minimum Gasteiger partial charge on any atom is -0.350 e. The molecule has 0 saturated carbocycles. The van der Waals surface area contributed by atoms with Crippen LogP contribution in [0.3, 0.4) is 0 Å². The number of nitrogens with zero attached hydrogens (tertiary/aromatic N) is 1. The first-order valence-electron chi connectivity index (χ1n) is 6.68. The highest BCUT2D eigenvalue weighted by atomic mass is 79.9. The Bertz CT molecular complexity index is 387. The molecule has 102 valence electrons. The molecule has 3 nitrogen and oxygen atoms in total. The second-order valence-corrected chi connectivity index (χ2v) is 5.70. The third kappa shape index (κ3) is 4.48. The van der Waals surface area contributed by atoms with Crippen LogP contribution in [0.1, 0.15) is 50.0 Å². The van der Waals surface area contributed by atoms with Gasteiger partial charge in [0.05, 0.1) is 0 Å². The summed E-state index contributed by atoms with van der Waals surface area (Å²) in [5.74, 6) is 0.607. The number of hydrogen-bond donors (Lipinski definition) is 1. The number of halogens is 1. The van der Waals surface area contributed by atoms with E-state index in [9.17, 15) is 4.79 Å². The van der Waals surface area contributed by atoms with E-state index in [1.54, 1.807) is 0 Å². The molecular weight excluding hydrogens is 292 g/mol. The molecule has 1 atom stereocenters. The molecule has 18 heavy (non-hydrogen) atoms. The van der Waals surface area contributed by atoms with E-state index in [4.69, 9.17) is 0 Å². The van der Waals surface area contributed by atoms with Gasteiger partial charge in [0.15, 0.2) is 0 Å². The van der Waals surface area contributed by atoms with Gasteiger partial charge in [-0.1, -0.05) is 33.1 Å². The average Bonchev–Trinajstić information content (AvgIpc) is 2.68. The minimum absolute atomic E-state index is 0.0122. The number of carbonyl (C=O) groups is 1. The van der Waals surface area contributed by atoms with Gasteiger partial charge in [-0.2, -0.15) is 0 Å². The highest BCUT2D eigenvalue weighted by Crippen LogP contribution is 2.14. The number of rotatable bonds is 7.